The van der Waals surface area contributed by atoms with Crippen molar-refractivity contribution in [3.05, 3.63) is 0 Å². The van der Waals surface area contributed by atoms with Crippen LogP contribution in [0.4, 0.5) is 0 Å². The normalized spacial score (nSPS) is 27.1. The van der Waals surface area contributed by atoms with Crippen LogP contribution in [0.25, 0.3) is 0 Å². The predicted molar refractivity (Wildman–Crippen MR) is 193 cm³/mol. The van der Waals surface area contributed by atoms with Crippen LogP contribution in [-0.2, 0) is 33.6 Å². The fraction of sp³-hybridized carbons (Fsp3) is 0.875. The number of nitriles is 2. The SMILES string of the molecule is CC12CNCCN=C([O-])C(C#N)(CNCCNC1)CNCCNC2.CC12CNCCN=C([O-])C(C#N)(CNCCNC1)CNCCNC2.O.O.[Cl-].[Co+3].[Co+3].[O-][Cl+3]([O-])([O-])[O-].[O-][Cl+3]([O-])([O-])[O-].[O-][Cl+3]([O-])([O-])[O-]. The van der Waals surface area contributed by atoms with Gasteiger partial charge in [0, 0.05) is 142 Å². The Morgan fingerprint density at radius 1 is 0.397 bits per heavy atom. The zero-order chi connectivity index (χ0) is 48.1. The zero-order valence-corrected chi connectivity index (χ0v) is 42.3. The van der Waals surface area contributed by atoms with Crippen LogP contribution in [0.3, 0.4) is 0 Å². The van der Waals surface area contributed by atoms with Crippen molar-refractivity contribution in [3.8, 4) is 12.1 Å². The summed E-state index contributed by atoms with van der Waals surface area (Å²) in [7, 11) is -14.8. The molecular formula is C32H64Cl4Co2N14O16. The van der Waals surface area contributed by atoms with E-state index in [0.29, 0.717) is 78.5 Å². The molecule has 0 radical (unpaired) electrons. The van der Waals surface area contributed by atoms with Gasteiger partial charge in [-0.2, -0.15) is 10.5 Å². The van der Waals surface area contributed by atoms with Crippen LogP contribution in [0.1, 0.15) is 13.8 Å². The number of aliphatic imine (C=N–C) groups is 2. The maximum absolute atomic E-state index is 12.5. The third-order valence-corrected chi connectivity index (χ3v) is 9.27. The Bertz CT molecular complexity index is 1260. The van der Waals surface area contributed by atoms with Crippen LogP contribution >= 0.6 is 0 Å². The molecule has 68 heavy (non-hydrogen) atoms. The molecule has 0 aromatic heterocycles. The van der Waals surface area contributed by atoms with Crippen molar-refractivity contribution in [2.45, 2.75) is 13.8 Å². The Morgan fingerprint density at radius 2 is 0.559 bits per heavy atom. The Morgan fingerprint density at radius 3 is 0.735 bits per heavy atom. The van der Waals surface area contributed by atoms with Gasteiger partial charge < -0.3 is 96.7 Å². The summed E-state index contributed by atoms with van der Waals surface area (Å²) >= 11 is 0. The van der Waals surface area contributed by atoms with E-state index in [1.54, 1.807) is 0 Å². The molecule has 0 amide bonds. The van der Waals surface area contributed by atoms with E-state index in [-0.39, 0.29) is 79.5 Å². The molecule has 0 atom stereocenters. The van der Waals surface area contributed by atoms with E-state index in [0.717, 1.165) is 65.4 Å². The molecule has 2 saturated heterocycles. The quantitative estimate of drug-likeness (QED) is 0.108. The smallest absolute Gasteiger partial charge is 1.00 e. The van der Waals surface area contributed by atoms with Crippen molar-refractivity contribution in [1.82, 2.24) is 53.2 Å². The summed E-state index contributed by atoms with van der Waals surface area (Å²) in [5, 5.41) is 78.1. The van der Waals surface area contributed by atoms with Crippen LogP contribution in [0, 0.1) is 75.1 Å². The maximum Gasteiger partial charge on any atom is 3.00 e. The summed E-state index contributed by atoms with van der Waals surface area (Å²) in [5.41, 5.74) is -2.09. The van der Waals surface area contributed by atoms with Gasteiger partial charge in [-0.05, 0) is 11.8 Å². The Hall–Kier alpha value is -0.867. The number of nitrogens with zero attached hydrogens (tertiary/aromatic N) is 4. The fourth-order valence-electron chi connectivity index (χ4n) is 6.09. The van der Waals surface area contributed by atoms with Crippen LogP contribution in [0.2, 0.25) is 0 Å². The largest absolute Gasteiger partial charge is 3.00 e. The number of fused-ring (bicyclic) bond motifs is 28. The van der Waals surface area contributed by atoms with Crippen molar-refractivity contribution in [3.63, 3.8) is 0 Å². The molecule has 404 valence electrons. The molecule has 36 heteroatoms. The third kappa shape index (κ3) is 42.8. The van der Waals surface area contributed by atoms with Gasteiger partial charge in [0.2, 0.25) is 0 Å². The second-order valence-electron chi connectivity index (χ2n) is 15.3. The van der Waals surface area contributed by atoms with Gasteiger partial charge >= 0.3 is 33.6 Å². The van der Waals surface area contributed by atoms with E-state index < -0.39 is 41.6 Å². The van der Waals surface area contributed by atoms with Crippen molar-refractivity contribution >= 4 is 11.8 Å². The first-order valence-electron chi connectivity index (χ1n) is 19.4. The molecular weight excluding hydrogens is 1100 g/mol. The minimum atomic E-state index is -4.94. The summed E-state index contributed by atoms with van der Waals surface area (Å²) in [6.45, 7) is 19.2. The van der Waals surface area contributed by atoms with E-state index in [1.165, 1.54) is 0 Å². The van der Waals surface area contributed by atoms with Crippen molar-refractivity contribution in [2.75, 3.05) is 144 Å². The van der Waals surface area contributed by atoms with Gasteiger partial charge in [0.05, 0.1) is 25.2 Å². The Balaban J connectivity index is -0.000000206. The molecule has 2 fully saturated rings. The second kappa shape index (κ2) is 40.6. The summed E-state index contributed by atoms with van der Waals surface area (Å²) in [6.07, 6.45) is 0. The number of hydrogen-bond donors (Lipinski definition) is 10. The van der Waals surface area contributed by atoms with Crippen LogP contribution in [-0.4, -0.2) is 167 Å². The third-order valence-electron chi connectivity index (χ3n) is 9.27. The Labute approximate surface area is 428 Å². The van der Waals surface area contributed by atoms with E-state index in [1.807, 2.05) is 0 Å². The molecule has 0 saturated carbocycles. The van der Waals surface area contributed by atoms with Crippen molar-refractivity contribution in [1.29, 1.82) is 10.5 Å². The molecule has 6 heterocycles. The van der Waals surface area contributed by atoms with Gasteiger partial charge in [-0.15, -0.1) is 30.7 Å². The molecule has 0 unspecified atom stereocenters. The number of hydrogen-bond acceptors (Lipinski definition) is 28. The minimum absolute atomic E-state index is 0. The van der Waals surface area contributed by atoms with Crippen molar-refractivity contribution in [2.24, 2.45) is 31.6 Å². The van der Waals surface area contributed by atoms with Gasteiger partial charge in [0.1, 0.15) is 10.8 Å². The molecule has 14 N–H and O–H groups in total. The first-order chi connectivity index (χ1) is 29.2. The topological polar surface area (TPSA) is 578 Å². The van der Waals surface area contributed by atoms with Gasteiger partial charge in [0.15, 0.2) is 0 Å². The van der Waals surface area contributed by atoms with Crippen LogP contribution < -0.4 is 132 Å². The average molecular weight is 1160 g/mol. The first-order valence-corrected chi connectivity index (χ1v) is 23.1. The standard InChI is InChI=1S/2C16H31N7O.3ClHO4.ClH.2Co.2H2O/c2*1-15-9-18-2-4-21-12-16(8-17,13-22-5-3-19-10-15)14(24)23-7-6-20-11-15;3*2-1(3,4)5;;;;;/h2*18-22H,2-7,9-13H2,1H3,(H,23,24);3*(H,2,3,4,5);1H;;;2*1H2/q;;;;;;2*+3;;/p-6. The summed E-state index contributed by atoms with van der Waals surface area (Å²) in [5.74, 6) is -0.658. The van der Waals surface area contributed by atoms with Crippen LogP contribution in [0.15, 0.2) is 9.98 Å². The fourth-order valence-corrected chi connectivity index (χ4v) is 6.09. The van der Waals surface area contributed by atoms with E-state index in [9.17, 15) is 20.7 Å². The van der Waals surface area contributed by atoms with E-state index in [4.69, 9.17) is 55.9 Å². The van der Waals surface area contributed by atoms with E-state index >= 15 is 0 Å². The van der Waals surface area contributed by atoms with Gasteiger partial charge in [-0.3, -0.25) is 0 Å². The molecule has 0 spiro atoms. The van der Waals surface area contributed by atoms with Gasteiger partial charge in [-0.25, -0.2) is 55.9 Å². The number of halogens is 4. The average Bonchev–Trinajstić information content (AvgIpc) is 3.16. The molecule has 6 aliphatic heterocycles. The molecule has 0 aliphatic carbocycles. The van der Waals surface area contributed by atoms with Crippen molar-refractivity contribution < 1.29 is 154 Å². The zero-order valence-electron chi connectivity index (χ0n) is 37.2. The summed E-state index contributed by atoms with van der Waals surface area (Å²) in [4.78, 5) is 8.29. The molecule has 30 nitrogen and oxygen atoms in total. The predicted octanol–water partition coefficient (Wildman–Crippen LogP) is -24.4. The summed E-state index contributed by atoms with van der Waals surface area (Å²) < 4.78 is 102. The van der Waals surface area contributed by atoms with Crippen LogP contribution in [0.5, 0.6) is 0 Å². The number of rotatable bonds is 0. The number of nitrogens with one attached hydrogen (secondary N) is 10. The maximum atomic E-state index is 12.5. The molecule has 0 aromatic carbocycles. The van der Waals surface area contributed by atoms with E-state index in [2.05, 4.69) is 89.1 Å². The monoisotopic (exact) mass is 1160 g/mol. The molecule has 4 bridgehead atoms. The molecule has 6 rings (SSSR count). The molecule has 0 aromatic rings. The first kappa shape index (κ1) is 78.6. The Kier molecular flexibility index (Phi) is 46.9. The minimum Gasteiger partial charge on any atom is -1.00 e. The molecule has 6 aliphatic rings. The van der Waals surface area contributed by atoms with Gasteiger partial charge in [-0.1, -0.05) is 13.8 Å². The second-order valence-corrected chi connectivity index (χ2v) is 17.6. The van der Waals surface area contributed by atoms with Gasteiger partial charge in [0.25, 0.3) is 0 Å². The summed E-state index contributed by atoms with van der Waals surface area (Å²) in [6, 6.07) is 4.42.